The van der Waals surface area contributed by atoms with E-state index in [1.165, 1.54) is 31.4 Å². The van der Waals surface area contributed by atoms with Gasteiger partial charge in [0, 0.05) is 18.7 Å². The first-order chi connectivity index (χ1) is 8.59. The van der Waals surface area contributed by atoms with E-state index >= 15 is 0 Å². The number of halogens is 1. The van der Waals surface area contributed by atoms with Crippen LogP contribution in [0.1, 0.15) is 43.0 Å². The molecule has 18 heavy (non-hydrogen) atoms. The quantitative estimate of drug-likeness (QED) is 0.785. The Morgan fingerprint density at radius 1 is 1.33 bits per heavy atom. The standard InChI is InChI=1S/C15H20FNO/c1-11-6-3-4-9-14(11)17(2)15(18)12-7-5-8-13(16)10-12/h5,7-8,10-11,14H,3-4,6,9H2,1-2H3. The molecule has 2 rings (SSSR count). The Labute approximate surface area is 108 Å². The normalized spacial score (nSPS) is 23.7. The fourth-order valence-corrected chi connectivity index (χ4v) is 2.85. The van der Waals surface area contributed by atoms with Crippen LogP contribution in [0.3, 0.4) is 0 Å². The molecule has 0 aliphatic heterocycles. The van der Waals surface area contributed by atoms with Gasteiger partial charge in [0.2, 0.25) is 0 Å². The van der Waals surface area contributed by atoms with Crippen molar-refractivity contribution in [2.24, 2.45) is 5.92 Å². The maximum Gasteiger partial charge on any atom is 0.253 e. The van der Waals surface area contributed by atoms with Gasteiger partial charge in [-0.2, -0.15) is 0 Å². The topological polar surface area (TPSA) is 20.3 Å². The molecular formula is C15H20FNO. The van der Waals surface area contributed by atoms with Crippen molar-refractivity contribution in [3.05, 3.63) is 35.6 Å². The zero-order valence-electron chi connectivity index (χ0n) is 11.0. The van der Waals surface area contributed by atoms with E-state index in [1.807, 2.05) is 7.05 Å². The molecule has 1 aromatic rings. The van der Waals surface area contributed by atoms with Crippen molar-refractivity contribution in [3.8, 4) is 0 Å². The monoisotopic (exact) mass is 249 g/mol. The molecule has 0 saturated heterocycles. The lowest BCUT2D eigenvalue weighted by molar-refractivity contribution is 0.0628. The maximum atomic E-state index is 13.1. The third-order valence-electron chi connectivity index (χ3n) is 3.96. The van der Waals surface area contributed by atoms with E-state index < -0.39 is 0 Å². The van der Waals surface area contributed by atoms with Gasteiger partial charge in [-0.3, -0.25) is 4.79 Å². The summed E-state index contributed by atoms with van der Waals surface area (Å²) in [6, 6.07) is 6.22. The molecule has 0 spiro atoms. The zero-order valence-corrected chi connectivity index (χ0v) is 11.0. The second-order valence-electron chi connectivity index (χ2n) is 5.26. The molecule has 2 atom stereocenters. The molecule has 3 heteroatoms. The summed E-state index contributed by atoms with van der Waals surface area (Å²) in [6.45, 7) is 2.19. The van der Waals surface area contributed by atoms with Crippen LogP contribution in [0.2, 0.25) is 0 Å². The van der Waals surface area contributed by atoms with E-state index in [2.05, 4.69) is 6.92 Å². The molecule has 1 aliphatic carbocycles. The number of amides is 1. The molecule has 0 aromatic heterocycles. The van der Waals surface area contributed by atoms with Crippen LogP contribution in [0.5, 0.6) is 0 Å². The van der Waals surface area contributed by atoms with Crippen LogP contribution >= 0.6 is 0 Å². The number of benzene rings is 1. The van der Waals surface area contributed by atoms with Crippen LogP contribution in [0.15, 0.2) is 24.3 Å². The average Bonchev–Trinajstić information content (AvgIpc) is 2.37. The lowest BCUT2D eigenvalue weighted by atomic mass is 9.85. The van der Waals surface area contributed by atoms with Gasteiger partial charge in [0.25, 0.3) is 5.91 Å². The Morgan fingerprint density at radius 2 is 2.06 bits per heavy atom. The fourth-order valence-electron chi connectivity index (χ4n) is 2.85. The van der Waals surface area contributed by atoms with Crippen molar-refractivity contribution in [1.82, 2.24) is 4.90 Å². The Balaban J connectivity index is 2.13. The highest BCUT2D eigenvalue weighted by atomic mass is 19.1. The summed E-state index contributed by atoms with van der Waals surface area (Å²) in [5.41, 5.74) is 0.440. The van der Waals surface area contributed by atoms with Gasteiger partial charge < -0.3 is 4.90 Å². The van der Waals surface area contributed by atoms with E-state index in [1.54, 1.807) is 17.0 Å². The van der Waals surface area contributed by atoms with Crippen LogP contribution in [-0.2, 0) is 0 Å². The summed E-state index contributed by atoms with van der Waals surface area (Å²) in [5, 5.41) is 0. The SMILES string of the molecule is CC1CCCCC1N(C)C(=O)c1cccc(F)c1. The van der Waals surface area contributed by atoms with Gasteiger partial charge in [-0.05, 0) is 37.0 Å². The zero-order chi connectivity index (χ0) is 13.1. The van der Waals surface area contributed by atoms with Gasteiger partial charge in [-0.1, -0.05) is 25.8 Å². The number of hydrogen-bond donors (Lipinski definition) is 0. The van der Waals surface area contributed by atoms with Gasteiger partial charge in [0.15, 0.2) is 0 Å². The third-order valence-corrected chi connectivity index (χ3v) is 3.96. The molecule has 0 N–H and O–H groups in total. The van der Waals surface area contributed by atoms with Crippen LogP contribution in [0.4, 0.5) is 4.39 Å². The summed E-state index contributed by atoms with van der Waals surface area (Å²) >= 11 is 0. The molecule has 98 valence electrons. The lowest BCUT2D eigenvalue weighted by Crippen LogP contribution is -2.42. The molecule has 2 unspecified atom stereocenters. The highest BCUT2D eigenvalue weighted by Crippen LogP contribution is 2.28. The number of rotatable bonds is 2. The van der Waals surface area contributed by atoms with Crippen molar-refractivity contribution >= 4 is 5.91 Å². The molecular weight excluding hydrogens is 229 g/mol. The average molecular weight is 249 g/mol. The number of carbonyl (C=O) groups excluding carboxylic acids is 1. The second-order valence-corrected chi connectivity index (χ2v) is 5.26. The van der Waals surface area contributed by atoms with Crippen molar-refractivity contribution in [2.75, 3.05) is 7.05 Å². The summed E-state index contributed by atoms with van der Waals surface area (Å²) in [7, 11) is 1.83. The lowest BCUT2D eigenvalue weighted by Gasteiger charge is -2.36. The van der Waals surface area contributed by atoms with Crippen molar-refractivity contribution in [3.63, 3.8) is 0 Å². The van der Waals surface area contributed by atoms with E-state index in [4.69, 9.17) is 0 Å². The maximum absolute atomic E-state index is 13.1. The predicted molar refractivity (Wildman–Crippen MR) is 69.9 cm³/mol. The van der Waals surface area contributed by atoms with Gasteiger partial charge in [0.05, 0.1) is 0 Å². The van der Waals surface area contributed by atoms with Crippen LogP contribution < -0.4 is 0 Å². The number of hydrogen-bond acceptors (Lipinski definition) is 1. The molecule has 0 bridgehead atoms. The minimum absolute atomic E-state index is 0.0757. The highest BCUT2D eigenvalue weighted by molar-refractivity contribution is 5.94. The second kappa shape index (κ2) is 5.51. The Kier molecular flexibility index (Phi) is 4.00. The molecule has 1 aromatic carbocycles. The summed E-state index contributed by atoms with van der Waals surface area (Å²) < 4.78 is 13.1. The first-order valence-electron chi connectivity index (χ1n) is 6.62. The Hall–Kier alpha value is -1.38. The van der Waals surface area contributed by atoms with Crippen molar-refractivity contribution < 1.29 is 9.18 Å². The van der Waals surface area contributed by atoms with E-state index in [9.17, 15) is 9.18 Å². The van der Waals surface area contributed by atoms with Gasteiger partial charge in [-0.25, -0.2) is 4.39 Å². The van der Waals surface area contributed by atoms with Crippen molar-refractivity contribution in [1.29, 1.82) is 0 Å². The highest BCUT2D eigenvalue weighted by Gasteiger charge is 2.28. The van der Waals surface area contributed by atoms with E-state index in [0.29, 0.717) is 11.5 Å². The predicted octanol–water partition coefficient (Wildman–Crippen LogP) is 3.48. The summed E-state index contributed by atoms with van der Waals surface area (Å²) in [6.07, 6.45) is 4.65. The smallest absolute Gasteiger partial charge is 0.253 e. The summed E-state index contributed by atoms with van der Waals surface area (Å²) in [5.74, 6) is 0.0976. The molecule has 0 radical (unpaired) electrons. The molecule has 1 fully saturated rings. The first-order valence-corrected chi connectivity index (χ1v) is 6.62. The Bertz CT molecular complexity index is 432. The fraction of sp³-hybridized carbons (Fsp3) is 0.533. The first kappa shape index (κ1) is 13.1. The van der Waals surface area contributed by atoms with Crippen LogP contribution in [0.25, 0.3) is 0 Å². The van der Waals surface area contributed by atoms with Crippen LogP contribution in [0, 0.1) is 11.7 Å². The molecule has 2 nitrogen and oxygen atoms in total. The van der Waals surface area contributed by atoms with Gasteiger partial charge in [0.1, 0.15) is 5.82 Å². The van der Waals surface area contributed by atoms with E-state index in [0.717, 1.165) is 6.42 Å². The number of nitrogens with zero attached hydrogens (tertiary/aromatic N) is 1. The molecule has 1 saturated carbocycles. The molecule has 1 amide bonds. The summed E-state index contributed by atoms with van der Waals surface area (Å²) in [4.78, 5) is 14.1. The molecule has 0 heterocycles. The Morgan fingerprint density at radius 3 is 2.72 bits per heavy atom. The van der Waals surface area contributed by atoms with Gasteiger partial charge >= 0.3 is 0 Å². The van der Waals surface area contributed by atoms with Crippen molar-refractivity contribution in [2.45, 2.75) is 38.6 Å². The third kappa shape index (κ3) is 2.71. The number of carbonyl (C=O) groups is 1. The van der Waals surface area contributed by atoms with Crippen LogP contribution in [-0.4, -0.2) is 23.9 Å². The molecule has 1 aliphatic rings. The van der Waals surface area contributed by atoms with E-state index in [-0.39, 0.29) is 17.8 Å². The van der Waals surface area contributed by atoms with Gasteiger partial charge in [-0.15, -0.1) is 0 Å². The minimum atomic E-state index is -0.356. The largest absolute Gasteiger partial charge is 0.338 e. The minimum Gasteiger partial charge on any atom is -0.338 e.